The molecular weight excluding hydrogens is 467 g/mol. The van der Waals surface area contributed by atoms with Crippen LogP contribution in [0, 0.1) is 5.82 Å². The van der Waals surface area contributed by atoms with Crippen molar-refractivity contribution in [2.45, 2.75) is 62.5 Å². The van der Waals surface area contributed by atoms with Gasteiger partial charge in [0.25, 0.3) is 5.91 Å². The molecule has 33 heavy (non-hydrogen) atoms. The van der Waals surface area contributed by atoms with Crippen molar-refractivity contribution in [3.05, 3.63) is 29.8 Å². The summed E-state index contributed by atoms with van der Waals surface area (Å²) in [4.78, 5) is 21.6. The Labute approximate surface area is 197 Å². The van der Waals surface area contributed by atoms with E-state index in [4.69, 9.17) is 9.72 Å². The maximum absolute atomic E-state index is 14.4. The minimum Gasteiger partial charge on any atom is -0.477 e. The number of piperidine rings is 1. The summed E-state index contributed by atoms with van der Waals surface area (Å²) in [6.45, 7) is 8.42. The van der Waals surface area contributed by atoms with Gasteiger partial charge in [-0.15, -0.1) is 0 Å². The van der Waals surface area contributed by atoms with Gasteiger partial charge in [-0.25, -0.2) is 17.8 Å². The molecule has 0 N–H and O–H groups in total. The molecular formula is C22H29FN4O4S2. The van der Waals surface area contributed by atoms with Gasteiger partial charge in [-0.05, 0) is 31.0 Å². The maximum atomic E-state index is 14.4. The molecule has 2 aromatic rings. The number of carbonyl (C=O) groups is 1. The van der Waals surface area contributed by atoms with E-state index in [2.05, 4.69) is 30.0 Å². The first-order valence-electron chi connectivity index (χ1n) is 11.0. The summed E-state index contributed by atoms with van der Waals surface area (Å²) in [5.41, 5.74) is -0.0886. The first-order chi connectivity index (χ1) is 15.4. The Balaban J connectivity index is 1.35. The Bertz CT molecular complexity index is 1140. The predicted molar refractivity (Wildman–Crippen MR) is 124 cm³/mol. The molecule has 2 aliphatic rings. The minimum absolute atomic E-state index is 0.0886. The molecule has 2 aliphatic heterocycles. The van der Waals surface area contributed by atoms with Gasteiger partial charge in [0.1, 0.15) is 5.82 Å². The average Bonchev–Trinajstić information content (AvgIpc) is 3.37. The number of halogens is 1. The van der Waals surface area contributed by atoms with Crippen molar-refractivity contribution in [1.82, 2.24) is 14.3 Å². The summed E-state index contributed by atoms with van der Waals surface area (Å²) in [5.74, 6) is -0.199. The van der Waals surface area contributed by atoms with Gasteiger partial charge in [-0.1, -0.05) is 20.8 Å². The molecule has 1 aromatic heterocycles. The van der Waals surface area contributed by atoms with Gasteiger partial charge < -0.3 is 14.5 Å². The molecule has 11 heteroatoms. The number of nitrogens with zero attached hydrogens (tertiary/aromatic N) is 4. The number of aromatic nitrogens is 2. The first-order valence-corrected chi connectivity index (χ1v) is 13.7. The van der Waals surface area contributed by atoms with Crippen LogP contribution in [0.5, 0.6) is 5.75 Å². The second kappa shape index (κ2) is 8.83. The molecule has 0 saturated carbocycles. The molecule has 3 heterocycles. The van der Waals surface area contributed by atoms with E-state index in [1.165, 1.54) is 23.7 Å². The standard InChI is InChI=1S/C22H29FN4O4S2/c1-22(2,3)20-24-21(32-25-20)26-10-7-14(8-11-26)27-12-9-18(19(27)28)31-17-6-5-15(13-16(17)23)33(4,29)30/h5-6,13-14,18H,7-12H2,1-4H3/t18-/m0/s1. The zero-order chi connectivity index (χ0) is 24.0. The number of anilines is 1. The number of sulfone groups is 1. The van der Waals surface area contributed by atoms with Gasteiger partial charge in [0.05, 0.1) is 4.90 Å². The van der Waals surface area contributed by atoms with Crippen molar-refractivity contribution >= 4 is 32.4 Å². The number of likely N-dealkylation sites (tertiary alicyclic amines) is 1. The Morgan fingerprint density at radius 1 is 1.15 bits per heavy atom. The zero-order valence-electron chi connectivity index (χ0n) is 19.2. The van der Waals surface area contributed by atoms with Gasteiger partial charge >= 0.3 is 0 Å². The number of ether oxygens (including phenoxy) is 1. The lowest BCUT2D eigenvalue weighted by Crippen LogP contribution is -2.47. The largest absolute Gasteiger partial charge is 0.477 e. The quantitative estimate of drug-likeness (QED) is 0.628. The number of hydrogen-bond acceptors (Lipinski definition) is 8. The zero-order valence-corrected chi connectivity index (χ0v) is 20.9. The highest BCUT2D eigenvalue weighted by Gasteiger charge is 2.39. The first kappa shape index (κ1) is 23.9. The monoisotopic (exact) mass is 496 g/mol. The molecule has 180 valence electrons. The highest BCUT2D eigenvalue weighted by molar-refractivity contribution is 7.90. The van der Waals surface area contributed by atoms with Crippen LogP contribution in [0.15, 0.2) is 23.1 Å². The molecule has 2 saturated heterocycles. The van der Waals surface area contributed by atoms with Crippen molar-refractivity contribution in [1.29, 1.82) is 0 Å². The summed E-state index contributed by atoms with van der Waals surface area (Å²) >= 11 is 1.41. The van der Waals surface area contributed by atoms with E-state index >= 15 is 0 Å². The number of amides is 1. The molecule has 1 amide bonds. The Kier molecular flexibility index (Phi) is 6.38. The van der Waals surface area contributed by atoms with Crippen molar-refractivity contribution in [3.63, 3.8) is 0 Å². The topological polar surface area (TPSA) is 92.7 Å². The van der Waals surface area contributed by atoms with Gasteiger partial charge in [0.15, 0.2) is 27.5 Å². The summed E-state index contributed by atoms with van der Waals surface area (Å²) in [5, 5.41) is 0.917. The number of hydrogen-bond donors (Lipinski definition) is 0. The van der Waals surface area contributed by atoms with Crippen molar-refractivity contribution in [2.75, 3.05) is 30.8 Å². The van der Waals surface area contributed by atoms with Gasteiger partial charge in [0.2, 0.25) is 5.13 Å². The van der Waals surface area contributed by atoms with E-state index < -0.39 is 21.8 Å². The molecule has 0 unspecified atom stereocenters. The number of rotatable bonds is 5. The fraction of sp³-hybridized carbons (Fsp3) is 0.591. The third-order valence-electron chi connectivity index (χ3n) is 6.05. The molecule has 4 rings (SSSR count). The Hall–Kier alpha value is -2.27. The van der Waals surface area contributed by atoms with Crippen LogP contribution in [-0.2, 0) is 20.0 Å². The van der Waals surface area contributed by atoms with Crippen LogP contribution in [0.2, 0.25) is 0 Å². The fourth-order valence-electron chi connectivity index (χ4n) is 4.13. The summed E-state index contributed by atoms with van der Waals surface area (Å²) in [6, 6.07) is 3.60. The van der Waals surface area contributed by atoms with Crippen LogP contribution >= 0.6 is 11.5 Å². The molecule has 0 radical (unpaired) electrons. The highest BCUT2D eigenvalue weighted by Crippen LogP contribution is 2.31. The van der Waals surface area contributed by atoms with Crippen LogP contribution in [0.3, 0.4) is 0 Å². The second-order valence-corrected chi connectivity index (χ2v) is 12.4. The maximum Gasteiger partial charge on any atom is 0.263 e. The fourth-order valence-corrected chi connectivity index (χ4v) is 5.67. The van der Waals surface area contributed by atoms with E-state index in [1.807, 2.05) is 4.90 Å². The van der Waals surface area contributed by atoms with Gasteiger partial charge in [-0.3, -0.25) is 4.79 Å². The van der Waals surface area contributed by atoms with Crippen molar-refractivity contribution in [2.24, 2.45) is 0 Å². The van der Waals surface area contributed by atoms with Crippen molar-refractivity contribution in [3.8, 4) is 5.75 Å². The van der Waals surface area contributed by atoms with E-state index in [0.29, 0.717) is 13.0 Å². The lowest BCUT2D eigenvalue weighted by Gasteiger charge is -2.36. The Morgan fingerprint density at radius 3 is 2.42 bits per heavy atom. The normalized spacial score (nSPS) is 20.5. The van der Waals surface area contributed by atoms with Crippen LogP contribution in [0.25, 0.3) is 0 Å². The van der Waals surface area contributed by atoms with E-state index in [0.717, 1.165) is 49.2 Å². The van der Waals surface area contributed by atoms with Crippen LogP contribution in [0.1, 0.15) is 45.9 Å². The van der Waals surface area contributed by atoms with Gasteiger partial charge in [-0.2, -0.15) is 4.37 Å². The molecule has 8 nitrogen and oxygen atoms in total. The highest BCUT2D eigenvalue weighted by atomic mass is 32.2. The molecule has 1 atom stereocenters. The molecule has 2 fully saturated rings. The SMILES string of the molecule is CC(C)(C)c1nsc(N2CCC(N3CC[C@H](Oc4ccc(S(C)(=O)=O)cc4F)C3=O)CC2)n1. The van der Waals surface area contributed by atoms with Crippen LogP contribution < -0.4 is 9.64 Å². The smallest absolute Gasteiger partial charge is 0.263 e. The van der Waals surface area contributed by atoms with Gasteiger partial charge in [0, 0.05) is 55.3 Å². The summed E-state index contributed by atoms with van der Waals surface area (Å²) in [7, 11) is -3.52. The predicted octanol–water partition coefficient (Wildman–Crippen LogP) is 3.03. The third kappa shape index (κ3) is 5.13. The lowest BCUT2D eigenvalue weighted by atomic mass is 9.96. The molecule has 0 spiro atoms. The van der Waals surface area contributed by atoms with Crippen LogP contribution in [-0.4, -0.2) is 66.6 Å². The minimum atomic E-state index is -3.52. The lowest BCUT2D eigenvalue weighted by molar-refractivity contribution is -0.135. The third-order valence-corrected chi connectivity index (χ3v) is 7.94. The average molecular weight is 497 g/mol. The van der Waals surface area contributed by atoms with E-state index in [1.54, 1.807) is 0 Å². The van der Waals surface area contributed by atoms with E-state index in [9.17, 15) is 17.6 Å². The number of carbonyl (C=O) groups excluding carboxylic acids is 1. The van der Waals surface area contributed by atoms with Crippen molar-refractivity contribution < 1.29 is 22.3 Å². The molecule has 0 aliphatic carbocycles. The molecule has 1 aromatic carbocycles. The second-order valence-electron chi connectivity index (χ2n) is 9.66. The Morgan fingerprint density at radius 2 is 1.85 bits per heavy atom. The summed E-state index contributed by atoms with van der Waals surface area (Å²) < 4.78 is 47.7. The summed E-state index contributed by atoms with van der Waals surface area (Å²) in [6.07, 6.45) is 2.36. The van der Waals surface area contributed by atoms with Crippen LogP contribution in [0.4, 0.5) is 9.52 Å². The number of benzene rings is 1. The van der Waals surface area contributed by atoms with E-state index in [-0.39, 0.29) is 28.0 Å². The molecule has 0 bridgehead atoms.